The molecule has 0 fully saturated rings. The number of hydrogen-bond donors (Lipinski definition) is 3. The van der Waals surface area contributed by atoms with Gasteiger partial charge in [0, 0.05) is 5.69 Å². The molecule has 0 saturated heterocycles. The molecule has 0 saturated carbocycles. The van der Waals surface area contributed by atoms with Crippen LogP contribution in [0.25, 0.3) is 0 Å². The van der Waals surface area contributed by atoms with Gasteiger partial charge < -0.3 is 15.2 Å². The smallest absolute Gasteiger partial charge is 0.326 e. The van der Waals surface area contributed by atoms with E-state index in [1.807, 2.05) is 13.8 Å². The van der Waals surface area contributed by atoms with E-state index in [2.05, 4.69) is 10.0 Å². The molecule has 24 heavy (non-hydrogen) atoms. The van der Waals surface area contributed by atoms with Crippen LogP contribution in [0.5, 0.6) is 5.75 Å². The number of rotatable bonds is 9. The molecule has 134 valence electrons. The normalized spacial score (nSPS) is 12.5. The summed E-state index contributed by atoms with van der Waals surface area (Å²) in [6.07, 6.45) is 0.156. The lowest BCUT2D eigenvalue weighted by atomic mass is 10.2. The Morgan fingerprint density at radius 1 is 1.21 bits per heavy atom. The molecule has 1 unspecified atom stereocenters. The molecule has 0 aliphatic carbocycles. The number of carbonyl (C=O) groups excluding carboxylic acids is 1. The van der Waals surface area contributed by atoms with Crippen molar-refractivity contribution in [3.8, 4) is 5.75 Å². The van der Waals surface area contributed by atoms with E-state index < -0.39 is 33.7 Å². The van der Waals surface area contributed by atoms with Gasteiger partial charge in [-0.1, -0.05) is 6.92 Å². The third-order valence-electron chi connectivity index (χ3n) is 2.86. The van der Waals surface area contributed by atoms with Crippen LogP contribution in [0.4, 0.5) is 5.69 Å². The summed E-state index contributed by atoms with van der Waals surface area (Å²) < 4.78 is 31.6. The molecule has 1 aromatic carbocycles. The van der Waals surface area contributed by atoms with Crippen molar-refractivity contribution in [3.05, 3.63) is 24.3 Å². The van der Waals surface area contributed by atoms with Gasteiger partial charge in [0.05, 0.1) is 6.10 Å². The maximum absolute atomic E-state index is 12.0. The summed E-state index contributed by atoms with van der Waals surface area (Å²) in [6.45, 7) is 5.32. The van der Waals surface area contributed by atoms with Gasteiger partial charge in [0.1, 0.15) is 17.5 Å². The molecule has 1 amide bonds. The fourth-order valence-electron chi connectivity index (χ4n) is 1.84. The number of benzene rings is 1. The molecule has 0 radical (unpaired) electrons. The summed E-state index contributed by atoms with van der Waals surface area (Å²) in [5.41, 5.74) is 0.282. The SMILES string of the molecule is CCC(NC(=O)CS(=O)(=O)Nc1ccc(OC(C)C)cc1)C(=O)O. The van der Waals surface area contributed by atoms with E-state index in [1.54, 1.807) is 19.1 Å². The Morgan fingerprint density at radius 2 is 1.79 bits per heavy atom. The van der Waals surface area contributed by atoms with Crippen molar-refractivity contribution in [3.63, 3.8) is 0 Å². The van der Waals surface area contributed by atoms with Gasteiger partial charge in [-0.3, -0.25) is 9.52 Å². The summed E-state index contributed by atoms with van der Waals surface area (Å²) in [4.78, 5) is 22.5. The van der Waals surface area contributed by atoms with E-state index in [4.69, 9.17) is 9.84 Å². The summed E-state index contributed by atoms with van der Waals surface area (Å²) in [6, 6.07) is 5.13. The molecule has 0 heterocycles. The van der Waals surface area contributed by atoms with Gasteiger partial charge >= 0.3 is 5.97 Å². The van der Waals surface area contributed by atoms with Crippen LogP contribution < -0.4 is 14.8 Å². The van der Waals surface area contributed by atoms with Crippen LogP contribution in [0.15, 0.2) is 24.3 Å². The maximum atomic E-state index is 12.0. The van der Waals surface area contributed by atoms with Crippen LogP contribution in [0, 0.1) is 0 Å². The lowest BCUT2D eigenvalue weighted by Crippen LogP contribution is -2.43. The lowest BCUT2D eigenvalue weighted by molar-refractivity contribution is -0.141. The average molecular weight is 358 g/mol. The molecule has 1 rings (SSSR count). The van der Waals surface area contributed by atoms with Crippen LogP contribution in [-0.4, -0.2) is 43.3 Å². The van der Waals surface area contributed by atoms with E-state index in [1.165, 1.54) is 12.1 Å². The summed E-state index contributed by atoms with van der Waals surface area (Å²) in [5.74, 6) is -2.35. The van der Waals surface area contributed by atoms with E-state index >= 15 is 0 Å². The lowest BCUT2D eigenvalue weighted by Gasteiger charge is -2.13. The van der Waals surface area contributed by atoms with E-state index in [-0.39, 0.29) is 18.2 Å². The Morgan fingerprint density at radius 3 is 2.25 bits per heavy atom. The number of aliphatic carboxylic acids is 1. The second kappa shape index (κ2) is 8.53. The van der Waals surface area contributed by atoms with Crippen LogP contribution >= 0.6 is 0 Å². The standard InChI is InChI=1S/C15H22N2O6S/c1-4-13(15(19)20)16-14(18)9-24(21,22)17-11-5-7-12(8-6-11)23-10(2)3/h5-8,10,13,17H,4,9H2,1-3H3,(H,16,18)(H,19,20). The van der Waals surface area contributed by atoms with Crippen LogP contribution in [0.2, 0.25) is 0 Å². The van der Waals surface area contributed by atoms with Gasteiger partial charge in [0.2, 0.25) is 15.9 Å². The number of ether oxygens (including phenoxy) is 1. The zero-order chi connectivity index (χ0) is 18.3. The number of carboxylic acid groups (broad SMARTS) is 1. The molecule has 3 N–H and O–H groups in total. The average Bonchev–Trinajstić information content (AvgIpc) is 2.45. The molecule has 0 spiro atoms. The first-order chi connectivity index (χ1) is 11.1. The third kappa shape index (κ3) is 6.86. The molecule has 0 bridgehead atoms. The summed E-state index contributed by atoms with van der Waals surface area (Å²) in [7, 11) is -3.95. The predicted octanol–water partition coefficient (Wildman–Crippen LogP) is 1.19. The van der Waals surface area contributed by atoms with Crippen LogP contribution in [0.1, 0.15) is 27.2 Å². The highest BCUT2D eigenvalue weighted by Crippen LogP contribution is 2.17. The van der Waals surface area contributed by atoms with Crippen molar-refractivity contribution in [2.45, 2.75) is 39.3 Å². The van der Waals surface area contributed by atoms with Crippen molar-refractivity contribution in [2.24, 2.45) is 0 Å². The van der Waals surface area contributed by atoms with Crippen molar-refractivity contribution >= 4 is 27.6 Å². The van der Waals surface area contributed by atoms with E-state index in [0.29, 0.717) is 5.75 Å². The number of anilines is 1. The highest BCUT2D eigenvalue weighted by molar-refractivity contribution is 7.93. The largest absolute Gasteiger partial charge is 0.491 e. The molecular formula is C15H22N2O6S. The minimum absolute atomic E-state index is 0.00279. The summed E-state index contributed by atoms with van der Waals surface area (Å²) >= 11 is 0. The molecule has 0 aliphatic rings. The minimum atomic E-state index is -3.95. The number of amides is 1. The van der Waals surface area contributed by atoms with E-state index in [9.17, 15) is 18.0 Å². The highest BCUT2D eigenvalue weighted by atomic mass is 32.2. The molecule has 9 heteroatoms. The van der Waals surface area contributed by atoms with Gasteiger partial charge in [-0.05, 0) is 44.5 Å². The van der Waals surface area contributed by atoms with Crippen LogP contribution in [-0.2, 0) is 19.6 Å². The van der Waals surface area contributed by atoms with Crippen LogP contribution in [0.3, 0.4) is 0 Å². The Labute approximate surface area is 141 Å². The zero-order valence-electron chi connectivity index (χ0n) is 13.8. The van der Waals surface area contributed by atoms with Gasteiger partial charge in [-0.25, -0.2) is 13.2 Å². The number of sulfonamides is 1. The monoisotopic (exact) mass is 358 g/mol. The zero-order valence-corrected chi connectivity index (χ0v) is 14.6. The minimum Gasteiger partial charge on any atom is -0.491 e. The first-order valence-electron chi connectivity index (χ1n) is 7.42. The van der Waals surface area contributed by atoms with Crippen molar-refractivity contribution in [2.75, 3.05) is 10.5 Å². The van der Waals surface area contributed by atoms with Gasteiger partial charge in [0.25, 0.3) is 0 Å². The molecule has 1 aromatic rings. The highest BCUT2D eigenvalue weighted by Gasteiger charge is 2.22. The number of hydrogen-bond acceptors (Lipinski definition) is 5. The second-order valence-electron chi connectivity index (χ2n) is 5.42. The first kappa shape index (κ1) is 19.8. The van der Waals surface area contributed by atoms with Gasteiger partial charge in [0.15, 0.2) is 0 Å². The van der Waals surface area contributed by atoms with Gasteiger partial charge in [-0.2, -0.15) is 0 Å². The quantitative estimate of drug-likeness (QED) is 0.610. The van der Waals surface area contributed by atoms with E-state index in [0.717, 1.165) is 0 Å². The number of carbonyl (C=O) groups is 2. The molecule has 8 nitrogen and oxygen atoms in total. The Balaban J connectivity index is 2.66. The Bertz CT molecular complexity index is 670. The van der Waals surface area contributed by atoms with Crippen molar-refractivity contribution < 1.29 is 27.9 Å². The fraction of sp³-hybridized carbons (Fsp3) is 0.467. The summed E-state index contributed by atoms with van der Waals surface area (Å²) in [5, 5.41) is 11.0. The topological polar surface area (TPSA) is 122 Å². The maximum Gasteiger partial charge on any atom is 0.326 e. The van der Waals surface area contributed by atoms with Crippen molar-refractivity contribution in [1.82, 2.24) is 5.32 Å². The Hall–Kier alpha value is -2.29. The molecule has 0 aromatic heterocycles. The second-order valence-corrected chi connectivity index (χ2v) is 7.14. The predicted molar refractivity (Wildman–Crippen MR) is 89.5 cm³/mol. The molecular weight excluding hydrogens is 336 g/mol. The van der Waals surface area contributed by atoms with Crippen molar-refractivity contribution in [1.29, 1.82) is 0 Å². The number of nitrogens with one attached hydrogen (secondary N) is 2. The molecule has 0 aliphatic heterocycles. The molecule has 1 atom stereocenters. The van der Waals surface area contributed by atoms with Gasteiger partial charge in [-0.15, -0.1) is 0 Å². The fourth-order valence-corrected chi connectivity index (χ4v) is 2.83. The first-order valence-corrected chi connectivity index (χ1v) is 9.07. The number of carboxylic acids is 1. The Kier molecular flexibility index (Phi) is 7.02. The third-order valence-corrected chi connectivity index (χ3v) is 4.05.